The molecule has 1 aliphatic heterocycles. The van der Waals surface area contributed by atoms with Gasteiger partial charge >= 0.3 is 0 Å². The van der Waals surface area contributed by atoms with Crippen LogP contribution in [0.15, 0.2) is 36.4 Å². The molecule has 1 unspecified atom stereocenters. The molecule has 0 fully saturated rings. The second-order valence-electron chi connectivity index (χ2n) is 6.40. The molecule has 3 nitrogen and oxygen atoms in total. The van der Waals surface area contributed by atoms with Gasteiger partial charge in [-0.1, -0.05) is 35.9 Å². The van der Waals surface area contributed by atoms with E-state index in [2.05, 4.69) is 60.5 Å². The Balaban J connectivity index is 1.93. The van der Waals surface area contributed by atoms with Gasteiger partial charge in [0.25, 0.3) is 0 Å². The topological polar surface area (TPSA) is 37.0 Å². The molecule has 0 amide bonds. The molecule has 3 aromatic rings. The van der Waals surface area contributed by atoms with Crippen molar-refractivity contribution in [2.45, 2.75) is 26.3 Å². The van der Waals surface area contributed by atoms with Crippen molar-refractivity contribution in [3.63, 3.8) is 0 Å². The van der Waals surface area contributed by atoms with E-state index < -0.39 is 0 Å². The lowest BCUT2D eigenvalue weighted by molar-refractivity contribution is 0.398. The van der Waals surface area contributed by atoms with Gasteiger partial charge in [0.1, 0.15) is 5.75 Å². The summed E-state index contributed by atoms with van der Waals surface area (Å²) in [5.41, 5.74) is 7.61. The standard InChI is InChI=1S/C20H22N2O/c1-12-10-13(2)20(23-3)16(11-12)18-19-15(8-9-21-18)14-6-4-5-7-17(14)22-19/h4-7,10-11,18,21-22H,8-9H2,1-3H3. The van der Waals surface area contributed by atoms with Crippen molar-refractivity contribution >= 4 is 10.9 Å². The van der Waals surface area contributed by atoms with E-state index in [1.165, 1.54) is 38.9 Å². The maximum atomic E-state index is 5.72. The van der Waals surface area contributed by atoms with E-state index in [0.717, 1.165) is 18.7 Å². The minimum atomic E-state index is 0.152. The molecule has 3 heteroatoms. The zero-order valence-electron chi connectivity index (χ0n) is 13.9. The highest BCUT2D eigenvalue weighted by Gasteiger charge is 2.27. The summed E-state index contributed by atoms with van der Waals surface area (Å²) in [4.78, 5) is 3.64. The number of para-hydroxylation sites is 1. The van der Waals surface area contributed by atoms with Crippen LogP contribution in [0, 0.1) is 13.8 Å². The predicted octanol–water partition coefficient (Wildman–Crippen LogP) is 4.03. The molecule has 2 N–H and O–H groups in total. The van der Waals surface area contributed by atoms with E-state index in [0.29, 0.717) is 0 Å². The average molecular weight is 306 g/mol. The number of methoxy groups -OCH3 is 1. The van der Waals surface area contributed by atoms with Crippen molar-refractivity contribution in [3.8, 4) is 5.75 Å². The molecule has 23 heavy (non-hydrogen) atoms. The molecule has 1 aromatic heterocycles. The van der Waals surface area contributed by atoms with Crippen molar-refractivity contribution in [1.29, 1.82) is 0 Å². The summed E-state index contributed by atoms with van der Waals surface area (Å²) in [6, 6.07) is 13.1. The second kappa shape index (κ2) is 5.43. The lowest BCUT2D eigenvalue weighted by Crippen LogP contribution is -2.30. The highest BCUT2D eigenvalue weighted by atomic mass is 16.5. The number of aromatic amines is 1. The first-order chi connectivity index (χ1) is 11.2. The smallest absolute Gasteiger partial charge is 0.126 e. The number of ether oxygens (including phenoxy) is 1. The van der Waals surface area contributed by atoms with Gasteiger partial charge < -0.3 is 15.0 Å². The summed E-state index contributed by atoms with van der Waals surface area (Å²) in [6.45, 7) is 5.24. The van der Waals surface area contributed by atoms with Gasteiger partial charge in [-0.25, -0.2) is 0 Å². The lowest BCUT2D eigenvalue weighted by atomic mass is 9.91. The molecule has 0 spiro atoms. The van der Waals surface area contributed by atoms with E-state index in [-0.39, 0.29) is 6.04 Å². The highest BCUT2D eigenvalue weighted by molar-refractivity contribution is 5.85. The molecule has 4 rings (SSSR count). The Kier molecular flexibility index (Phi) is 3.38. The third-order valence-corrected chi connectivity index (χ3v) is 4.82. The number of nitrogens with one attached hydrogen (secondary N) is 2. The molecule has 0 saturated carbocycles. The number of hydrogen-bond donors (Lipinski definition) is 2. The Morgan fingerprint density at radius 3 is 2.78 bits per heavy atom. The van der Waals surface area contributed by atoms with Crippen LogP contribution in [0.1, 0.15) is 34.0 Å². The van der Waals surface area contributed by atoms with Crippen LogP contribution in [0.4, 0.5) is 0 Å². The number of benzene rings is 2. The molecule has 1 atom stereocenters. The molecule has 0 radical (unpaired) electrons. The zero-order valence-corrected chi connectivity index (χ0v) is 13.9. The first-order valence-electron chi connectivity index (χ1n) is 8.17. The molecular formula is C20H22N2O. The second-order valence-corrected chi connectivity index (χ2v) is 6.40. The summed E-state index contributed by atoms with van der Waals surface area (Å²) in [5.74, 6) is 0.986. The van der Waals surface area contributed by atoms with Gasteiger partial charge in [-0.2, -0.15) is 0 Å². The minimum Gasteiger partial charge on any atom is -0.496 e. The van der Waals surface area contributed by atoms with Gasteiger partial charge in [0.2, 0.25) is 0 Å². The van der Waals surface area contributed by atoms with E-state index in [1.807, 2.05) is 0 Å². The first kappa shape index (κ1) is 14.3. The van der Waals surface area contributed by atoms with Crippen LogP contribution in [-0.4, -0.2) is 18.6 Å². The molecule has 2 aromatic carbocycles. The van der Waals surface area contributed by atoms with Crippen LogP contribution in [-0.2, 0) is 6.42 Å². The van der Waals surface area contributed by atoms with Crippen LogP contribution >= 0.6 is 0 Å². The quantitative estimate of drug-likeness (QED) is 0.750. The monoisotopic (exact) mass is 306 g/mol. The van der Waals surface area contributed by atoms with Crippen molar-refractivity contribution in [2.75, 3.05) is 13.7 Å². The fourth-order valence-electron chi connectivity index (χ4n) is 3.93. The maximum absolute atomic E-state index is 5.72. The first-order valence-corrected chi connectivity index (χ1v) is 8.17. The summed E-state index contributed by atoms with van der Waals surface area (Å²) >= 11 is 0. The van der Waals surface area contributed by atoms with Crippen molar-refractivity contribution in [1.82, 2.24) is 10.3 Å². The predicted molar refractivity (Wildman–Crippen MR) is 94.3 cm³/mol. The zero-order chi connectivity index (χ0) is 16.0. The summed E-state index contributed by atoms with van der Waals surface area (Å²) in [6.07, 6.45) is 1.06. The van der Waals surface area contributed by atoms with E-state index in [9.17, 15) is 0 Å². The summed E-state index contributed by atoms with van der Waals surface area (Å²) in [5, 5.41) is 5.02. The molecule has 1 aliphatic rings. The molecule has 2 heterocycles. The molecule has 118 valence electrons. The number of hydrogen-bond acceptors (Lipinski definition) is 2. The Morgan fingerprint density at radius 1 is 1.13 bits per heavy atom. The summed E-state index contributed by atoms with van der Waals surface area (Å²) < 4.78 is 5.72. The Labute approximate surface area is 136 Å². The van der Waals surface area contributed by atoms with Crippen LogP contribution in [0.25, 0.3) is 10.9 Å². The van der Waals surface area contributed by atoms with Crippen molar-refractivity contribution in [2.24, 2.45) is 0 Å². The highest BCUT2D eigenvalue weighted by Crippen LogP contribution is 2.38. The van der Waals surface area contributed by atoms with Gasteiger partial charge in [0.05, 0.1) is 13.2 Å². The normalized spacial score (nSPS) is 17.3. The number of rotatable bonds is 2. The Hall–Kier alpha value is -2.26. The fourth-order valence-corrected chi connectivity index (χ4v) is 3.93. The van der Waals surface area contributed by atoms with Crippen molar-refractivity contribution < 1.29 is 4.74 Å². The SMILES string of the molecule is COc1c(C)cc(C)cc1C1NCCc2c1[nH]c1ccccc21. The van der Waals surface area contributed by atoms with Gasteiger partial charge in [0.15, 0.2) is 0 Å². The maximum Gasteiger partial charge on any atom is 0.126 e. The van der Waals surface area contributed by atoms with Crippen LogP contribution in [0.3, 0.4) is 0 Å². The van der Waals surface area contributed by atoms with Gasteiger partial charge in [-0.15, -0.1) is 0 Å². The molecule has 0 bridgehead atoms. The molecular weight excluding hydrogens is 284 g/mol. The van der Waals surface area contributed by atoms with Gasteiger partial charge in [-0.05, 0) is 37.5 Å². The molecule has 0 saturated heterocycles. The molecule has 0 aliphatic carbocycles. The van der Waals surface area contributed by atoms with Gasteiger partial charge in [-0.3, -0.25) is 0 Å². The van der Waals surface area contributed by atoms with E-state index in [1.54, 1.807) is 7.11 Å². The number of aryl methyl sites for hydroxylation is 2. The van der Waals surface area contributed by atoms with Gasteiger partial charge in [0, 0.05) is 28.7 Å². The summed E-state index contributed by atoms with van der Waals surface area (Å²) in [7, 11) is 1.76. The Morgan fingerprint density at radius 2 is 1.96 bits per heavy atom. The fraction of sp³-hybridized carbons (Fsp3) is 0.300. The van der Waals surface area contributed by atoms with Crippen LogP contribution < -0.4 is 10.1 Å². The minimum absolute atomic E-state index is 0.152. The van der Waals surface area contributed by atoms with E-state index in [4.69, 9.17) is 4.74 Å². The number of fused-ring (bicyclic) bond motifs is 3. The van der Waals surface area contributed by atoms with E-state index >= 15 is 0 Å². The third kappa shape index (κ3) is 2.23. The Bertz CT molecular complexity index is 879. The number of aromatic nitrogens is 1. The van der Waals surface area contributed by atoms with Crippen LogP contribution in [0.5, 0.6) is 5.75 Å². The average Bonchev–Trinajstić information content (AvgIpc) is 2.93. The lowest BCUT2D eigenvalue weighted by Gasteiger charge is -2.27. The largest absolute Gasteiger partial charge is 0.496 e. The third-order valence-electron chi connectivity index (χ3n) is 4.82. The van der Waals surface area contributed by atoms with Crippen LogP contribution in [0.2, 0.25) is 0 Å². The number of H-pyrrole nitrogens is 1. The van der Waals surface area contributed by atoms with Crippen molar-refractivity contribution in [3.05, 3.63) is 64.3 Å².